The summed E-state index contributed by atoms with van der Waals surface area (Å²) in [7, 11) is 0. The minimum atomic E-state index is -0.478. The van der Waals surface area contributed by atoms with Gasteiger partial charge in [-0.1, -0.05) is 36.4 Å². The van der Waals surface area contributed by atoms with Gasteiger partial charge in [0.1, 0.15) is 5.60 Å². The minimum Gasteiger partial charge on any atom is -0.444 e. The highest BCUT2D eigenvalue weighted by atomic mass is 16.6. The Kier molecular flexibility index (Phi) is 4.07. The Morgan fingerprint density at radius 2 is 1.91 bits per heavy atom. The van der Waals surface area contributed by atoms with Crippen molar-refractivity contribution in [3.63, 3.8) is 0 Å². The number of nitrogens with zero attached hydrogens (tertiary/aromatic N) is 2. The maximum Gasteiger partial charge on any atom is 0.410 e. The smallest absolute Gasteiger partial charge is 0.410 e. The molecular formula is C19H22N2O2. The first-order chi connectivity index (χ1) is 11.0. The van der Waals surface area contributed by atoms with Crippen LogP contribution in [0.1, 0.15) is 38.8 Å². The van der Waals surface area contributed by atoms with Gasteiger partial charge in [0.05, 0.1) is 11.7 Å². The van der Waals surface area contributed by atoms with Gasteiger partial charge < -0.3 is 9.64 Å². The van der Waals surface area contributed by atoms with Gasteiger partial charge in [0.25, 0.3) is 0 Å². The third-order valence-electron chi connectivity index (χ3n) is 3.89. The first-order valence-electron chi connectivity index (χ1n) is 7.96. The second kappa shape index (κ2) is 6.03. The topological polar surface area (TPSA) is 42.4 Å². The van der Waals surface area contributed by atoms with E-state index in [0.29, 0.717) is 0 Å². The summed E-state index contributed by atoms with van der Waals surface area (Å²) in [5.41, 5.74) is 2.61. The van der Waals surface area contributed by atoms with Gasteiger partial charge in [-0.2, -0.15) is 0 Å². The van der Waals surface area contributed by atoms with Gasteiger partial charge >= 0.3 is 6.09 Å². The SMILES string of the molecule is CC(C)(C)OC(=O)N1CCC1c1cccnc1-c1ccccc1. The van der Waals surface area contributed by atoms with E-state index in [1.54, 1.807) is 11.1 Å². The second-order valence-corrected chi connectivity index (χ2v) is 6.79. The fourth-order valence-electron chi connectivity index (χ4n) is 2.77. The van der Waals surface area contributed by atoms with Gasteiger partial charge in [-0.15, -0.1) is 0 Å². The molecule has 3 rings (SSSR count). The second-order valence-electron chi connectivity index (χ2n) is 6.79. The first-order valence-corrected chi connectivity index (χ1v) is 7.96. The maximum atomic E-state index is 12.4. The van der Waals surface area contributed by atoms with Gasteiger partial charge in [0, 0.05) is 23.9 Å². The molecule has 2 heterocycles. The molecule has 0 bridgehead atoms. The monoisotopic (exact) mass is 310 g/mol. The molecular weight excluding hydrogens is 288 g/mol. The van der Waals surface area contributed by atoms with Crippen molar-refractivity contribution in [1.29, 1.82) is 0 Å². The van der Waals surface area contributed by atoms with Gasteiger partial charge in [0.2, 0.25) is 0 Å². The van der Waals surface area contributed by atoms with Crippen LogP contribution in [0.25, 0.3) is 11.3 Å². The zero-order chi connectivity index (χ0) is 16.4. The summed E-state index contributed by atoms with van der Waals surface area (Å²) in [5, 5.41) is 0. The molecule has 1 aliphatic rings. The largest absolute Gasteiger partial charge is 0.444 e. The molecule has 1 fully saturated rings. The Morgan fingerprint density at radius 1 is 1.17 bits per heavy atom. The Labute approximate surface area is 137 Å². The summed E-state index contributed by atoms with van der Waals surface area (Å²) in [4.78, 5) is 18.7. The third kappa shape index (κ3) is 3.36. The average molecular weight is 310 g/mol. The standard InChI is InChI=1S/C19H22N2O2/c1-19(2,3)23-18(22)21-13-11-16(21)15-10-7-12-20-17(15)14-8-5-4-6-9-14/h4-10,12,16H,11,13H2,1-3H3. The first kappa shape index (κ1) is 15.5. The van der Waals surface area contributed by atoms with Crippen molar-refractivity contribution in [1.82, 2.24) is 9.88 Å². The van der Waals surface area contributed by atoms with Crippen molar-refractivity contribution in [2.24, 2.45) is 0 Å². The molecule has 23 heavy (non-hydrogen) atoms. The number of likely N-dealkylation sites (tertiary alicyclic amines) is 1. The van der Waals surface area contributed by atoms with Crippen LogP contribution in [0.3, 0.4) is 0 Å². The van der Waals surface area contributed by atoms with Crippen molar-refractivity contribution in [3.05, 3.63) is 54.2 Å². The van der Waals surface area contributed by atoms with E-state index >= 15 is 0 Å². The summed E-state index contributed by atoms with van der Waals surface area (Å²) in [5.74, 6) is 0. The van der Waals surface area contributed by atoms with Gasteiger partial charge in [0.15, 0.2) is 0 Å². The summed E-state index contributed by atoms with van der Waals surface area (Å²) in [6.07, 6.45) is 2.48. The lowest BCUT2D eigenvalue weighted by molar-refractivity contribution is -0.00567. The molecule has 0 spiro atoms. The van der Waals surface area contributed by atoms with Crippen LogP contribution in [0, 0.1) is 0 Å². The van der Waals surface area contributed by atoms with Crippen molar-refractivity contribution in [2.75, 3.05) is 6.54 Å². The molecule has 1 saturated heterocycles. The molecule has 0 N–H and O–H groups in total. The Bertz CT molecular complexity index is 692. The summed E-state index contributed by atoms with van der Waals surface area (Å²) in [6, 6.07) is 14.1. The zero-order valence-electron chi connectivity index (χ0n) is 13.8. The highest BCUT2D eigenvalue weighted by Gasteiger charge is 2.37. The Hall–Kier alpha value is -2.36. The van der Waals surface area contributed by atoms with Crippen LogP contribution in [0.4, 0.5) is 4.79 Å². The van der Waals surface area contributed by atoms with E-state index in [0.717, 1.165) is 29.8 Å². The molecule has 0 radical (unpaired) electrons. The van der Waals surface area contributed by atoms with Gasteiger partial charge in [-0.25, -0.2) is 4.79 Å². The number of hydrogen-bond donors (Lipinski definition) is 0. The molecule has 0 aliphatic carbocycles. The molecule has 1 unspecified atom stereocenters. The van der Waals surface area contributed by atoms with Crippen LogP contribution < -0.4 is 0 Å². The number of carbonyl (C=O) groups is 1. The van der Waals surface area contributed by atoms with Crippen molar-refractivity contribution in [2.45, 2.75) is 38.8 Å². The molecule has 1 aromatic carbocycles. The highest BCUT2D eigenvalue weighted by Crippen LogP contribution is 2.38. The molecule has 1 aromatic heterocycles. The lowest BCUT2D eigenvalue weighted by Crippen LogP contribution is -2.47. The summed E-state index contributed by atoms with van der Waals surface area (Å²) in [6.45, 7) is 6.39. The van der Waals surface area contributed by atoms with Crippen LogP contribution in [-0.2, 0) is 4.74 Å². The number of pyridine rings is 1. The van der Waals surface area contributed by atoms with E-state index in [1.807, 2.05) is 57.2 Å². The lowest BCUT2D eigenvalue weighted by Gasteiger charge is -2.42. The predicted molar refractivity (Wildman–Crippen MR) is 90.0 cm³/mol. The van der Waals surface area contributed by atoms with E-state index < -0.39 is 5.60 Å². The molecule has 2 aromatic rings. The summed E-state index contributed by atoms with van der Waals surface area (Å²) < 4.78 is 5.51. The van der Waals surface area contributed by atoms with Crippen LogP contribution in [0.2, 0.25) is 0 Å². The van der Waals surface area contributed by atoms with Crippen LogP contribution in [0.5, 0.6) is 0 Å². The van der Waals surface area contributed by atoms with Crippen molar-refractivity contribution >= 4 is 6.09 Å². The molecule has 1 atom stereocenters. The number of benzene rings is 1. The maximum absolute atomic E-state index is 12.4. The van der Waals surface area contributed by atoms with Crippen LogP contribution >= 0.6 is 0 Å². The molecule has 0 saturated carbocycles. The van der Waals surface area contributed by atoms with Crippen molar-refractivity contribution in [3.8, 4) is 11.3 Å². The van der Waals surface area contributed by atoms with Gasteiger partial charge in [-0.05, 0) is 33.3 Å². The Morgan fingerprint density at radius 3 is 2.52 bits per heavy atom. The molecule has 120 valence electrons. The van der Waals surface area contributed by atoms with E-state index in [4.69, 9.17) is 4.74 Å². The van der Waals surface area contributed by atoms with Crippen LogP contribution in [-0.4, -0.2) is 28.1 Å². The Balaban J connectivity index is 1.87. The number of aromatic nitrogens is 1. The number of ether oxygens (including phenoxy) is 1. The van der Waals surface area contributed by atoms with Gasteiger partial charge in [-0.3, -0.25) is 4.98 Å². The zero-order valence-corrected chi connectivity index (χ0v) is 13.8. The van der Waals surface area contributed by atoms with Crippen molar-refractivity contribution < 1.29 is 9.53 Å². The quantitative estimate of drug-likeness (QED) is 0.824. The average Bonchev–Trinajstić information content (AvgIpc) is 2.45. The molecule has 1 amide bonds. The normalized spacial score (nSPS) is 17.5. The minimum absolute atomic E-state index is 0.0359. The molecule has 4 heteroatoms. The molecule has 4 nitrogen and oxygen atoms in total. The van der Waals surface area contributed by atoms with E-state index in [9.17, 15) is 4.79 Å². The number of hydrogen-bond acceptors (Lipinski definition) is 3. The fraction of sp³-hybridized carbons (Fsp3) is 0.368. The van der Waals surface area contributed by atoms with E-state index in [1.165, 1.54) is 0 Å². The lowest BCUT2D eigenvalue weighted by atomic mass is 9.91. The summed E-state index contributed by atoms with van der Waals surface area (Å²) >= 11 is 0. The molecule has 1 aliphatic heterocycles. The number of rotatable bonds is 2. The van der Waals surface area contributed by atoms with E-state index in [2.05, 4.69) is 11.1 Å². The van der Waals surface area contributed by atoms with E-state index in [-0.39, 0.29) is 12.1 Å². The predicted octanol–water partition coefficient (Wildman–Crippen LogP) is 4.43. The third-order valence-corrected chi connectivity index (χ3v) is 3.89. The number of amides is 1. The number of carbonyl (C=O) groups excluding carboxylic acids is 1. The fourth-order valence-corrected chi connectivity index (χ4v) is 2.77. The highest BCUT2D eigenvalue weighted by molar-refractivity contribution is 5.72. The van der Waals surface area contributed by atoms with Crippen LogP contribution in [0.15, 0.2) is 48.7 Å².